The Labute approximate surface area is 118 Å². The molecule has 0 spiro atoms. The summed E-state index contributed by atoms with van der Waals surface area (Å²) in [6.45, 7) is 2.79. The molecule has 0 unspecified atom stereocenters. The van der Waals surface area contributed by atoms with E-state index in [0.717, 1.165) is 36.4 Å². The standard InChI is InChI=1S/C14H19N3OS/c1-16(14(18)17-7-2-3-8-17)10-12-9-13(19-11-12)5-4-6-15/h9,11H,2-3,6-8,10,15H2,1H3. The molecular formula is C14H19N3OS. The molecule has 0 atom stereocenters. The van der Waals surface area contributed by atoms with Gasteiger partial charge in [-0.15, -0.1) is 11.3 Å². The lowest BCUT2D eigenvalue weighted by atomic mass is 10.3. The molecule has 2 rings (SSSR count). The summed E-state index contributed by atoms with van der Waals surface area (Å²) in [6.07, 6.45) is 2.24. The van der Waals surface area contributed by atoms with Crippen LogP contribution in [0.15, 0.2) is 11.4 Å². The minimum Gasteiger partial charge on any atom is -0.325 e. The normalized spacial score (nSPS) is 14.1. The van der Waals surface area contributed by atoms with E-state index in [0.29, 0.717) is 13.1 Å². The average molecular weight is 277 g/mol. The number of urea groups is 1. The zero-order valence-corrected chi connectivity index (χ0v) is 12.0. The molecule has 1 fully saturated rings. The Morgan fingerprint density at radius 2 is 2.26 bits per heavy atom. The minimum atomic E-state index is 0.123. The third kappa shape index (κ3) is 3.72. The van der Waals surface area contributed by atoms with Crippen LogP contribution in [-0.4, -0.2) is 42.5 Å². The molecule has 0 saturated carbocycles. The largest absolute Gasteiger partial charge is 0.325 e. The van der Waals surface area contributed by atoms with Gasteiger partial charge in [-0.2, -0.15) is 0 Å². The van der Waals surface area contributed by atoms with Crippen LogP contribution in [0.4, 0.5) is 4.79 Å². The predicted octanol–water partition coefficient (Wildman–Crippen LogP) is 1.71. The molecule has 0 radical (unpaired) electrons. The second-order valence-electron chi connectivity index (χ2n) is 4.66. The van der Waals surface area contributed by atoms with Crippen LogP contribution in [0.5, 0.6) is 0 Å². The fourth-order valence-electron chi connectivity index (χ4n) is 2.15. The van der Waals surface area contributed by atoms with E-state index >= 15 is 0 Å². The van der Waals surface area contributed by atoms with E-state index in [2.05, 4.69) is 11.8 Å². The van der Waals surface area contributed by atoms with Crippen molar-refractivity contribution in [3.05, 3.63) is 21.9 Å². The lowest BCUT2D eigenvalue weighted by Crippen LogP contribution is -2.38. The third-order valence-electron chi connectivity index (χ3n) is 3.09. The molecule has 0 aliphatic carbocycles. The van der Waals surface area contributed by atoms with Gasteiger partial charge in [0.15, 0.2) is 0 Å². The van der Waals surface area contributed by atoms with E-state index in [-0.39, 0.29) is 6.03 Å². The maximum absolute atomic E-state index is 12.1. The van der Waals surface area contributed by atoms with Gasteiger partial charge >= 0.3 is 6.03 Å². The van der Waals surface area contributed by atoms with E-state index in [1.54, 1.807) is 16.2 Å². The van der Waals surface area contributed by atoms with Crippen molar-refractivity contribution in [1.82, 2.24) is 9.80 Å². The van der Waals surface area contributed by atoms with Gasteiger partial charge in [-0.3, -0.25) is 0 Å². The third-order valence-corrected chi connectivity index (χ3v) is 3.98. The fourth-order valence-corrected chi connectivity index (χ4v) is 2.92. The highest BCUT2D eigenvalue weighted by Gasteiger charge is 2.21. The number of thiophene rings is 1. The van der Waals surface area contributed by atoms with Gasteiger partial charge in [0.1, 0.15) is 0 Å². The Hall–Kier alpha value is -1.51. The van der Waals surface area contributed by atoms with Crippen molar-refractivity contribution in [3.8, 4) is 11.8 Å². The molecule has 1 saturated heterocycles. The van der Waals surface area contributed by atoms with Gasteiger partial charge < -0.3 is 15.5 Å². The molecule has 2 heterocycles. The first-order chi connectivity index (χ1) is 9.20. The number of hydrogen-bond donors (Lipinski definition) is 1. The molecule has 1 aliphatic rings. The highest BCUT2D eigenvalue weighted by molar-refractivity contribution is 7.10. The monoisotopic (exact) mass is 277 g/mol. The topological polar surface area (TPSA) is 49.6 Å². The molecule has 5 heteroatoms. The van der Waals surface area contributed by atoms with Crippen LogP contribution in [0.2, 0.25) is 0 Å². The summed E-state index contributed by atoms with van der Waals surface area (Å²) < 4.78 is 0. The van der Waals surface area contributed by atoms with E-state index in [1.165, 1.54) is 0 Å². The van der Waals surface area contributed by atoms with Gasteiger partial charge in [0.25, 0.3) is 0 Å². The van der Waals surface area contributed by atoms with Crippen molar-refractivity contribution in [1.29, 1.82) is 0 Å². The van der Waals surface area contributed by atoms with Crippen LogP contribution in [0.25, 0.3) is 0 Å². The van der Waals surface area contributed by atoms with E-state index in [9.17, 15) is 4.79 Å². The van der Waals surface area contributed by atoms with Crippen LogP contribution in [0.1, 0.15) is 23.3 Å². The molecule has 4 nitrogen and oxygen atoms in total. The van der Waals surface area contributed by atoms with Gasteiger partial charge in [-0.25, -0.2) is 4.79 Å². The Balaban J connectivity index is 1.92. The number of carbonyl (C=O) groups is 1. The Morgan fingerprint density at radius 3 is 2.95 bits per heavy atom. The smallest absolute Gasteiger partial charge is 0.320 e. The molecular weight excluding hydrogens is 258 g/mol. The summed E-state index contributed by atoms with van der Waals surface area (Å²) in [7, 11) is 1.85. The summed E-state index contributed by atoms with van der Waals surface area (Å²) in [5, 5.41) is 2.05. The first kappa shape index (κ1) is 13.9. The van der Waals surface area contributed by atoms with E-state index in [4.69, 9.17) is 5.73 Å². The van der Waals surface area contributed by atoms with Gasteiger partial charge in [0.2, 0.25) is 0 Å². The highest BCUT2D eigenvalue weighted by Crippen LogP contribution is 2.16. The molecule has 0 aromatic carbocycles. The molecule has 1 aliphatic heterocycles. The Morgan fingerprint density at radius 1 is 1.53 bits per heavy atom. The van der Waals surface area contributed by atoms with Crippen molar-refractivity contribution < 1.29 is 4.79 Å². The molecule has 1 aromatic heterocycles. The maximum atomic E-state index is 12.1. The summed E-state index contributed by atoms with van der Waals surface area (Å²) in [4.78, 5) is 16.8. The summed E-state index contributed by atoms with van der Waals surface area (Å²) in [6, 6.07) is 2.15. The quantitative estimate of drug-likeness (QED) is 0.837. The zero-order valence-electron chi connectivity index (χ0n) is 11.2. The summed E-state index contributed by atoms with van der Waals surface area (Å²) >= 11 is 1.59. The number of amides is 2. The fraction of sp³-hybridized carbons (Fsp3) is 0.500. The number of nitrogens with two attached hydrogens (primary N) is 1. The number of hydrogen-bond acceptors (Lipinski definition) is 3. The van der Waals surface area contributed by atoms with Crippen molar-refractivity contribution >= 4 is 17.4 Å². The molecule has 1 aromatic rings. The highest BCUT2D eigenvalue weighted by atomic mass is 32.1. The zero-order chi connectivity index (χ0) is 13.7. The first-order valence-corrected chi connectivity index (χ1v) is 7.35. The van der Waals surface area contributed by atoms with Crippen molar-refractivity contribution in [2.75, 3.05) is 26.7 Å². The number of carbonyl (C=O) groups excluding carboxylic acids is 1. The molecule has 2 N–H and O–H groups in total. The van der Waals surface area contributed by atoms with Crippen LogP contribution >= 0.6 is 11.3 Å². The Kier molecular flexibility index (Phi) is 4.83. The first-order valence-electron chi connectivity index (χ1n) is 6.47. The molecule has 0 bridgehead atoms. The van der Waals surface area contributed by atoms with Crippen LogP contribution in [0.3, 0.4) is 0 Å². The van der Waals surface area contributed by atoms with Crippen LogP contribution in [-0.2, 0) is 6.54 Å². The second kappa shape index (κ2) is 6.60. The molecule has 19 heavy (non-hydrogen) atoms. The lowest BCUT2D eigenvalue weighted by molar-refractivity contribution is 0.171. The van der Waals surface area contributed by atoms with Gasteiger partial charge in [0.05, 0.1) is 11.4 Å². The number of likely N-dealkylation sites (tertiary alicyclic amines) is 1. The maximum Gasteiger partial charge on any atom is 0.320 e. The molecule has 2 amide bonds. The second-order valence-corrected chi connectivity index (χ2v) is 5.57. The SMILES string of the molecule is CN(Cc1csc(C#CCN)c1)C(=O)N1CCCC1. The molecule has 102 valence electrons. The van der Waals surface area contributed by atoms with Gasteiger partial charge in [-0.05, 0) is 29.9 Å². The van der Waals surface area contributed by atoms with E-state index in [1.807, 2.05) is 23.4 Å². The van der Waals surface area contributed by atoms with Crippen LogP contribution in [0, 0.1) is 11.8 Å². The summed E-state index contributed by atoms with van der Waals surface area (Å²) in [5.41, 5.74) is 6.47. The van der Waals surface area contributed by atoms with Crippen molar-refractivity contribution in [2.24, 2.45) is 5.73 Å². The van der Waals surface area contributed by atoms with E-state index < -0.39 is 0 Å². The van der Waals surface area contributed by atoms with Crippen molar-refractivity contribution in [2.45, 2.75) is 19.4 Å². The van der Waals surface area contributed by atoms with Gasteiger partial charge in [-0.1, -0.05) is 11.8 Å². The average Bonchev–Trinajstić information content (AvgIpc) is 3.06. The van der Waals surface area contributed by atoms with Crippen molar-refractivity contribution in [3.63, 3.8) is 0 Å². The minimum absolute atomic E-state index is 0.123. The van der Waals surface area contributed by atoms with Crippen LogP contribution < -0.4 is 5.73 Å². The number of nitrogens with zero attached hydrogens (tertiary/aromatic N) is 2. The Bertz CT molecular complexity index is 494. The number of rotatable bonds is 2. The lowest BCUT2D eigenvalue weighted by Gasteiger charge is -2.23. The van der Waals surface area contributed by atoms with Gasteiger partial charge in [0, 0.05) is 26.7 Å². The predicted molar refractivity (Wildman–Crippen MR) is 77.9 cm³/mol. The summed E-state index contributed by atoms with van der Waals surface area (Å²) in [5.74, 6) is 5.85.